The Bertz CT molecular complexity index is 170. The van der Waals surface area contributed by atoms with Crippen LogP contribution in [0.25, 0.3) is 0 Å². The molecule has 1 nitrogen and oxygen atoms in total. The van der Waals surface area contributed by atoms with Crippen molar-refractivity contribution in [2.45, 2.75) is 64.4 Å². The van der Waals surface area contributed by atoms with E-state index in [9.17, 15) is 5.11 Å². The van der Waals surface area contributed by atoms with Crippen LogP contribution in [-0.2, 0) is 0 Å². The minimum atomic E-state index is 0.0254. The lowest BCUT2D eigenvalue weighted by Gasteiger charge is -2.28. The summed E-state index contributed by atoms with van der Waals surface area (Å²) < 4.78 is 0. The summed E-state index contributed by atoms with van der Waals surface area (Å²) in [5.74, 6) is 0.628. The van der Waals surface area contributed by atoms with E-state index in [1.54, 1.807) is 0 Å². The van der Waals surface area contributed by atoms with Crippen LogP contribution in [0.4, 0.5) is 0 Å². The Balaban J connectivity index is 1.88. The molecule has 0 aromatic heterocycles. The number of rotatable bonds is 2. The van der Waals surface area contributed by atoms with Gasteiger partial charge in [-0.05, 0) is 43.4 Å². The van der Waals surface area contributed by atoms with Gasteiger partial charge in [0.2, 0.25) is 0 Å². The van der Waals surface area contributed by atoms with Crippen LogP contribution in [0.2, 0.25) is 0 Å². The van der Waals surface area contributed by atoms with Gasteiger partial charge in [0.1, 0.15) is 0 Å². The molecule has 13 heavy (non-hydrogen) atoms. The zero-order chi connectivity index (χ0) is 9.31. The molecular weight excluding hydrogens is 160 g/mol. The Labute approximate surface area is 81.5 Å². The molecule has 0 aromatic rings. The molecule has 0 spiro atoms. The van der Waals surface area contributed by atoms with Crippen LogP contribution in [0.1, 0.15) is 58.3 Å². The van der Waals surface area contributed by atoms with Crippen molar-refractivity contribution in [2.75, 3.05) is 0 Å². The van der Waals surface area contributed by atoms with Gasteiger partial charge in [-0.3, -0.25) is 0 Å². The predicted molar refractivity (Wildman–Crippen MR) is 54.5 cm³/mol. The van der Waals surface area contributed by atoms with Gasteiger partial charge < -0.3 is 5.11 Å². The van der Waals surface area contributed by atoms with Gasteiger partial charge in [-0.25, -0.2) is 0 Å². The van der Waals surface area contributed by atoms with E-state index in [2.05, 4.69) is 6.92 Å². The first kappa shape index (κ1) is 9.51. The fourth-order valence-corrected chi connectivity index (χ4v) is 3.32. The van der Waals surface area contributed by atoms with E-state index in [1.807, 2.05) is 0 Å². The third-order valence-electron chi connectivity index (χ3n) is 4.18. The van der Waals surface area contributed by atoms with Gasteiger partial charge in [0.25, 0.3) is 0 Å². The SMILES string of the molecule is CC1(C[C@@H]2CCC[C@H]2O)CCCC1. The van der Waals surface area contributed by atoms with E-state index in [4.69, 9.17) is 0 Å². The summed E-state index contributed by atoms with van der Waals surface area (Å²) in [4.78, 5) is 0. The van der Waals surface area contributed by atoms with Gasteiger partial charge in [0.05, 0.1) is 6.10 Å². The molecule has 2 atom stereocenters. The van der Waals surface area contributed by atoms with Crippen molar-refractivity contribution in [3.63, 3.8) is 0 Å². The van der Waals surface area contributed by atoms with Crippen LogP contribution in [-0.4, -0.2) is 11.2 Å². The molecule has 0 aliphatic heterocycles. The molecule has 2 fully saturated rings. The topological polar surface area (TPSA) is 20.2 Å². The lowest BCUT2D eigenvalue weighted by molar-refractivity contribution is 0.0984. The van der Waals surface area contributed by atoms with Crippen LogP contribution in [0.15, 0.2) is 0 Å². The van der Waals surface area contributed by atoms with Gasteiger partial charge in [0, 0.05) is 0 Å². The van der Waals surface area contributed by atoms with Crippen LogP contribution >= 0.6 is 0 Å². The number of aliphatic hydroxyl groups is 1. The smallest absolute Gasteiger partial charge is 0.0568 e. The van der Waals surface area contributed by atoms with E-state index in [1.165, 1.54) is 44.9 Å². The highest BCUT2D eigenvalue weighted by atomic mass is 16.3. The number of hydrogen-bond donors (Lipinski definition) is 1. The Morgan fingerprint density at radius 1 is 1.15 bits per heavy atom. The molecule has 0 radical (unpaired) electrons. The van der Waals surface area contributed by atoms with Crippen molar-refractivity contribution < 1.29 is 5.11 Å². The van der Waals surface area contributed by atoms with Crippen molar-refractivity contribution in [1.29, 1.82) is 0 Å². The van der Waals surface area contributed by atoms with Crippen LogP contribution in [0, 0.1) is 11.3 Å². The monoisotopic (exact) mass is 182 g/mol. The molecule has 0 amide bonds. The summed E-state index contributed by atoms with van der Waals surface area (Å²) in [6.07, 6.45) is 10.5. The van der Waals surface area contributed by atoms with Crippen molar-refractivity contribution >= 4 is 0 Å². The summed E-state index contributed by atoms with van der Waals surface area (Å²) in [6.45, 7) is 2.42. The van der Waals surface area contributed by atoms with Crippen molar-refractivity contribution in [1.82, 2.24) is 0 Å². The van der Waals surface area contributed by atoms with Crippen LogP contribution < -0.4 is 0 Å². The second-order valence-corrected chi connectivity index (χ2v) is 5.48. The summed E-state index contributed by atoms with van der Waals surface area (Å²) in [5, 5.41) is 9.76. The molecule has 2 rings (SSSR count). The maximum atomic E-state index is 9.76. The average Bonchev–Trinajstić information content (AvgIpc) is 2.64. The zero-order valence-electron chi connectivity index (χ0n) is 8.76. The first-order chi connectivity index (χ1) is 6.20. The van der Waals surface area contributed by atoms with Gasteiger partial charge in [-0.1, -0.05) is 26.2 Å². The summed E-state index contributed by atoms with van der Waals surface area (Å²) in [6, 6.07) is 0. The quantitative estimate of drug-likeness (QED) is 0.695. The molecule has 0 bridgehead atoms. The second-order valence-electron chi connectivity index (χ2n) is 5.48. The summed E-state index contributed by atoms with van der Waals surface area (Å²) >= 11 is 0. The maximum Gasteiger partial charge on any atom is 0.0568 e. The molecule has 0 saturated heterocycles. The fourth-order valence-electron chi connectivity index (χ4n) is 3.32. The van der Waals surface area contributed by atoms with Crippen LogP contribution in [0.3, 0.4) is 0 Å². The molecule has 1 heteroatoms. The molecule has 2 aliphatic rings. The molecule has 1 N–H and O–H groups in total. The molecule has 0 heterocycles. The van der Waals surface area contributed by atoms with E-state index in [-0.39, 0.29) is 6.10 Å². The van der Waals surface area contributed by atoms with Gasteiger partial charge in [0.15, 0.2) is 0 Å². The second kappa shape index (κ2) is 3.61. The van der Waals surface area contributed by atoms with E-state index >= 15 is 0 Å². The Hall–Kier alpha value is -0.0400. The Kier molecular flexibility index (Phi) is 2.64. The lowest BCUT2D eigenvalue weighted by Crippen LogP contribution is -2.22. The van der Waals surface area contributed by atoms with E-state index < -0.39 is 0 Å². The zero-order valence-corrected chi connectivity index (χ0v) is 8.76. The van der Waals surface area contributed by atoms with Crippen molar-refractivity contribution in [2.24, 2.45) is 11.3 Å². The first-order valence-electron chi connectivity index (χ1n) is 5.88. The third-order valence-corrected chi connectivity index (χ3v) is 4.18. The van der Waals surface area contributed by atoms with E-state index in [0.29, 0.717) is 11.3 Å². The van der Waals surface area contributed by atoms with Gasteiger partial charge in [-0.2, -0.15) is 0 Å². The highest BCUT2D eigenvalue weighted by Gasteiger charge is 2.35. The summed E-state index contributed by atoms with van der Waals surface area (Å²) in [7, 11) is 0. The fraction of sp³-hybridized carbons (Fsp3) is 1.00. The van der Waals surface area contributed by atoms with Gasteiger partial charge >= 0.3 is 0 Å². The molecule has 0 aromatic carbocycles. The average molecular weight is 182 g/mol. The molecule has 76 valence electrons. The predicted octanol–water partition coefficient (Wildman–Crippen LogP) is 3.12. The highest BCUT2D eigenvalue weighted by molar-refractivity contribution is 4.87. The lowest BCUT2D eigenvalue weighted by atomic mass is 9.78. The molecule has 2 aliphatic carbocycles. The molecule has 2 saturated carbocycles. The standard InChI is InChI=1S/C12H22O/c1-12(7-2-3-8-12)9-10-5-4-6-11(10)13/h10-11,13H,2-9H2,1H3/t10-,11+/m0/s1. The largest absolute Gasteiger partial charge is 0.393 e. The minimum Gasteiger partial charge on any atom is -0.393 e. The molecule has 0 unspecified atom stereocenters. The first-order valence-corrected chi connectivity index (χ1v) is 5.88. The Morgan fingerprint density at radius 2 is 1.85 bits per heavy atom. The van der Waals surface area contributed by atoms with Crippen molar-refractivity contribution in [3.05, 3.63) is 0 Å². The highest BCUT2D eigenvalue weighted by Crippen LogP contribution is 2.45. The van der Waals surface area contributed by atoms with Crippen molar-refractivity contribution in [3.8, 4) is 0 Å². The van der Waals surface area contributed by atoms with E-state index in [0.717, 1.165) is 6.42 Å². The third kappa shape index (κ3) is 2.07. The number of aliphatic hydroxyl groups excluding tert-OH is 1. The normalized spacial score (nSPS) is 38.3. The van der Waals surface area contributed by atoms with Gasteiger partial charge in [-0.15, -0.1) is 0 Å². The number of hydrogen-bond acceptors (Lipinski definition) is 1. The molecular formula is C12H22O. The maximum absolute atomic E-state index is 9.76. The van der Waals surface area contributed by atoms with Crippen LogP contribution in [0.5, 0.6) is 0 Å². The minimum absolute atomic E-state index is 0.0254. The Morgan fingerprint density at radius 3 is 2.38 bits per heavy atom. The summed E-state index contributed by atoms with van der Waals surface area (Å²) in [5.41, 5.74) is 0.579.